The predicted octanol–water partition coefficient (Wildman–Crippen LogP) is 2.50. The van der Waals surface area contributed by atoms with Crippen molar-refractivity contribution in [3.8, 4) is 0 Å². The third-order valence-corrected chi connectivity index (χ3v) is 3.36. The van der Waals surface area contributed by atoms with Gasteiger partial charge in [-0.2, -0.15) is 0 Å². The van der Waals surface area contributed by atoms with Crippen LogP contribution in [0.15, 0.2) is 41.0 Å². The molecule has 0 spiro atoms. The summed E-state index contributed by atoms with van der Waals surface area (Å²) in [5, 5.41) is 5.27. The van der Waals surface area contributed by atoms with E-state index in [1.165, 1.54) is 0 Å². The lowest BCUT2D eigenvalue weighted by Gasteiger charge is -2.10. The average Bonchev–Trinajstić information content (AvgIpc) is 2.93. The van der Waals surface area contributed by atoms with Crippen molar-refractivity contribution in [1.82, 2.24) is 0 Å². The number of amides is 1. The Hall–Kier alpha value is -1.78. The Morgan fingerprint density at radius 3 is 2.90 bits per heavy atom. The smallest absolute Gasteiger partial charge is 0.279 e. The fourth-order valence-electron chi connectivity index (χ4n) is 1.87. The summed E-state index contributed by atoms with van der Waals surface area (Å²) in [5.41, 5.74) is 1.70. The van der Waals surface area contributed by atoms with Gasteiger partial charge in [-0.25, -0.2) is 0 Å². The molecule has 106 valence electrons. The Morgan fingerprint density at radius 1 is 1.45 bits per heavy atom. The van der Waals surface area contributed by atoms with Crippen LogP contribution in [0.1, 0.15) is 24.3 Å². The van der Waals surface area contributed by atoms with E-state index in [9.17, 15) is 4.79 Å². The molecule has 0 aliphatic carbocycles. The highest BCUT2D eigenvalue weighted by Crippen LogP contribution is 2.22. The fraction of sp³-hybridized carbons (Fsp3) is 0.267. The van der Waals surface area contributed by atoms with Gasteiger partial charge in [0.25, 0.3) is 5.91 Å². The van der Waals surface area contributed by atoms with Crippen molar-refractivity contribution >= 4 is 23.2 Å². The maximum Gasteiger partial charge on any atom is 0.279 e. The molecule has 4 nitrogen and oxygen atoms in total. The van der Waals surface area contributed by atoms with Crippen LogP contribution in [-0.4, -0.2) is 12.5 Å². The Kier molecular flexibility index (Phi) is 4.82. The molecule has 1 amide bonds. The topological polar surface area (TPSA) is 58.9 Å². The minimum absolute atomic E-state index is 0.0887. The standard InChI is InChI=1S/C15H17ClN2O2/c1-10-5-6-13(12(16)8-10)18-15(19)9-17-11(2)14-4-3-7-20-14/h3-8,11,17H,9H2,1-2H3,(H,18,19)/p+1/t11-/m1/s1. The van der Waals surface area contributed by atoms with Gasteiger partial charge in [0.2, 0.25) is 0 Å². The molecule has 2 rings (SSSR count). The average molecular weight is 294 g/mol. The second-order valence-corrected chi connectivity index (χ2v) is 5.18. The minimum atomic E-state index is -0.0887. The number of halogens is 1. The SMILES string of the molecule is Cc1ccc(NC(=O)C[NH2+][C@H](C)c2ccco2)c(Cl)c1. The molecule has 0 saturated carbocycles. The normalized spacial score (nSPS) is 12.2. The van der Waals surface area contributed by atoms with E-state index in [2.05, 4.69) is 5.32 Å². The number of aryl methyl sites for hydroxylation is 1. The first-order chi connectivity index (χ1) is 9.56. The van der Waals surface area contributed by atoms with E-state index in [0.717, 1.165) is 11.3 Å². The van der Waals surface area contributed by atoms with Crippen LogP contribution in [-0.2, 0) is 4.79 Å². The largest absolute Gasteiger partial charge is 0.463 e. The van der Waals surface area contributed by atoms with E-state index in [1.54, 1.807) is 6.26 Å². The molecule has 3 N–H and O–H groups in total. The van der Waals surface area contributed by atoms with Gasteiger partial charge in [-0.15, -0.1) is 0 Å². The maximum absolute atomic E-state index is 11.9. The number of hydrogen-bond donors (Lipinski definition) is 2. The van der Waals surface area contributed by atoms with Crippen LogP contribution in [0.25, 0.3) is 0 Å². The van der Waals surface area contributed by atoms with Crippen molar-refractivity contribution in [3.63, 3.8) is 0 Å². The third-order valence-electron chi connectivity index (χ3n) is 3.05. The Balaban J connectivity index is 1.86. The van der Waals surface area contributed by atoms with Gasteiger partial charge >= 0.3 is 0 Å². The highest BCUT2D eigenvalue weighted by Gasteiger charge is 2.14. The summed E-state index contributed by atoms with van der Waals surface area (Å²) in [5.74, 6) is 0.764. The number of nitrogens with two attached hydrogens (primary N) is 1. The number of nitrogens with one attached hydrogen (secondary N) is 1. The van der Waals surface area contributed by atoms with Crippen molar-refractivity contribution < 1.29 is 14.5 Å². The second-order valence-electron chi connectivity index (χ2n) is 4.78. The molecule has 0 fully saturated rings. The van der Waals surface area contributed by atoms with Crippen molar-refractivity contribution in [3.05, 3.63) is 52.9 Å². The number of anilines is 1. The van der Waals surface area contributed by atoms with E-state index in [4.69, 9.17) is 16.0 Å². The zero-order chi connectivity index (χ0) is 14.5. The lowest BCUT2D eigenvalue weighted by molar-refractivity contribution is -0.684. The van der Waals surface area contributed by atoms with E-state index in [1.807, 2.05) is 49.5 Å². The van der Waals surface area contributed by atoms with E-state index in [-0.39, 0.29) is 11.9 Å². The maximum atomic E-state index is 11.9. The molecule has 0 radical (unpaired) electrons. The lowest BCUT2D eigenvalue weighted by Crippen LogP contribution is -2.86. The number of furan rings is 1. The van der Waals surface area contributed by atoms with E-state index < -0.39 is 0 Å². The molecule has 20 heavy (non-hydrogen) atoms. The van der Waals surface area contributed by atoms with Crippen LogP contribution in [0.3, 0.4) is 0 Å². The summed E-state index contributed by atoms with van der Waals surface area (Å²) in [6.45, 7) is 4.26. The van der Waals surface area contributed by atoms with Crippen LogP contribution in [0.4, 0.5) is 5.69 Å². The van der Waals surface area contributed by atoms with Crippen LogP contribution in [0.5, 0.6) is 0 Å². The molecule has 1 aromatic carbocycles. The summed E-state index contributed by atoms with van der Waals surface area (Å²) in [6.07, 6.45) is 1.63. The molecule has 0 aliphatic rings. The van der Waals surface area contributed by atoms with Crippen molar-refractivity contribution in [2.24, 2.45) is 0 Å². The first-order valence-electron chi connectivity index (χ1n) is 6.49. The molecular weight excluding hydrogens is 276 g/mol. The third kappa shape index (κ3) is 3.85. The molecule has 5 heteroatoms. The highest BCUT2D eigenvalue weighted by molar-refractivity contribution is 6.33. The second kappa shape index (κ2) is 6.59. The first-order valence-corrected chi connectivity index (χ1v) is 6.87. The summed E-state index contributed by atoms with van der Waals surface area (Å²) in [7, 11) is 0. The van der Waals surface area contributed by atoms with Gasteiger partial charge < -0.3 is 15.1 Å². The molecule has 0 bridgehead atoms. The van der Waals surface area contributed by atoms with Crippen LogP contribution < -0.4 is 10.6 Å². The molecule has 1 atom stereocenters. The molecule has 0 unspecified atom stereocenters. The van der Waals surface area contributed by atoms with Gasteiger partial charge in [-0.05, 0) is 43.7 Å². The van der Waals surface area contributed by atoms with E-state index >= 15 is 0 Å². The van der Waals surface area contributed by atoms with Crippen molar-refractivity contribution in [1.29, 1.82) is 0 Å². The van der Waals surface area contributed by atoms with Crippen LogP contribution in [0.2, 0.25) is 5.02 Å². The van der Waals surface area contributed by atoms with Crippen molar-refractivity contribution in [2.75, 3.05) is 11.9 Å². The molecule has 0 saturated heterocycles. The predicted molar refractivity (Wildman–Crippen MR) is 78.7 cm³/mol. The number of hydrogen-bond acceptors (Lipinski definition) is 2. The zero-order valence-electron chi connectivity index (χ0n) is 11.5. The lowest BCUT2D eigenvalue weighted by atomic mass is 10.2. The molecular formula is C15H18ClN2O2+. The van der Waals surface area contributed by atoms with Gasteiger partial charge in [-0.1, -0.05) is 17.7 Å². The van der Waals surface area contributed by atoms with Gasteiger partial charge in [0.1, 0.15) is 6.04 Å². The summed E-state index contributed by atoms with van der Waals surface area (Å²) < 4.78 is 5.29. The molecule has 1 heterocycles. The Bertz CT molecular complexity index is 582. The number of rotatable bonds is 5. The van der Waals surface area contributed by atoms with Gasteiger partial charge in [0, 0.05) is 0 Å². The van der Waals surface area contributed by atoms with Crippen molar-refractivity contribution in [2.45, 2.75) is 19.9 Å². The van der Waals surface area contributed by atoms with Gasteiger partial charge in [0.15, 0.2) is 12.3 Å². The number of quaternary nitrogens is 1. The van der Waals surface area contributed by atoms with Gasteiger partial charge in [0.05, 0.1) is 17.0 Å². The monoisotopic (exact) mass is 293 g/mol. The summed E-state index contributed by atoms with van der Waals surface area (Å²) in [6, 6.07) is 9.39. The number of carbonyl (C=O) groups is 1. The number of benzene rings is 1. The van der Waals surface area contributed by atoms with Crippen LogP contribution >= 0.6 is 11.6 Å². The summed E-state index contributed by atoms with van der Waals surface area (Å²) in [4.78, 5) is 11.9. The molecule has 1 aromatic heterocycles. The quantitative estimate of drug-likeness (QED) is 0.890. The minimum Gasteiger partial charge on any atom is -0.463 e. The fourth-order valence-corrected chi connectivity index (χ4v) is 2.16. The summed E-state index contributed by atoms with van der Waals surface area (Å²) >= 11 is 6.08. The number of carbonyl (C=O) groups excluding carboxylic acids is 1. The zero-order valence-corrected chi connectivity index (χ0v) is 12.3. The van der Waals surface area contributed by atoms with Crippen LogP contribution in [0, 0.1) is 6.92 Å². The van der Waals surface area contributed by atoms with Gasteiger partial charge in [-0.3, -0.25) is 4.79 Å². The highest BCUT2D eigenvalue weighted by atomic mass is 35.5. The Morgan fingerprint density at radius 2 is 2.25 bits per heavy atom. The molecule has 0 aliphatic heterocycles. The molecule has 2 aromatic rings. The first kappa shape index (κ1) is 14.6. The van der Waals surface area contributed by atoms with E-state index in [0.29, 0.717) is 17.3 Å². The Labute approximate surface area is 123 Å².